The zero-order valence-corrected chi connectivity index (χ0v) is 8.80. The van der Waals surface area contributed by atoms with Gasteiger partial charge in [0.25, 0.3) is 0 Å². The lowest BCUT2D eigenvalue weighted by Gasteiger charge is -2.25. The van der Waals surface area contributed by atoms with Gasteiger partial charge in [-0.1, -0.05) is 34.2 Å². The molecule has 0 bridgehead atoms. The van der Waals surface area contributed by atoms with E-state index in [-0.39, 0.29) is 0 Å². The molecular weight excluding hydrogens is 202 g/mol. The van der Waals surface area contributed by atoms with Gasteiger partial charge in [0.2, 0.25) is 0 Å². The van der Waals surface area contributed by atoms with Crippen molar-refractivity contribution in [2.45, 2.75) is 13.0 Å². The zero-order valence-electron chi connectivity index (χ0n) is 7.21. The lowest BCUT2D eigenvalue weighted by atomic mass is 10.0. The normalized spacial score (nSPS) is 25.9. The SMILES string of the molecule is C[C@@H](C1C=CC=C1Br)N(C)C. The summed E-state index contributed by atoms with van der Waals surface area (Å²) in [5.74, 6) is 0.546. The number of hydrogen-bond acceptors (Lipinski definition) is 1. The number of nitrogens with zero attached hydrogens (tertiary/aromatic N) is 1. The molecule has 1 aliphatic carbocycles. The molecule has 0 spiro atoms. The predicted molar refractivity (Wildman–Crippen MR) is 52.8 cm³/mol. The summed E-state index contributed by atoms with van der Waals surface area (Å²) in [6.45, 7) is 2.23. The molecule has 62 valence electrons. The van der Waals surface area contributed by atoms with Gasteiger partial charge < -0.3 is 4.90 Å². The van der Waals surface area contributed by atoms with Crippen LogP contribution < -0.4 is 0 Å². The minimum Gasteiger partial charge on any atom is -0.306 e. The molecule has 2 heteroatoms. The van der Waals surface area contributed by atoms with Crippen LogP contribution in [0, 0.1) is 5.92 Å². The summed E-state index contributed by atoms with van der Waals surface area (Å²) >= 11 is 3.55. The van der Waals surface area contributed by atoms with Crippen LogP contribution in [0.1, 0.15) is 6.92 Å². The highest BCUT2D eigenvalue weighted by atomic mass is 79.9. The number of hydrogen-bond donors (Lipinski definition) is 0. The number of allylic oxidation sites excluding steroid dienone is 2. The summed E-state index contributed by atoms with van der Waals surface area (Å²) in [6, 6.07) is 0.569. The van der Waals surface area contributed by atoms with Crippen molar-refractivity contribution in [3.63, 3.8) is 0 Å². The van der Waals surface area contributed by atoms with Crippen LogP contribution in [0.3, 0.4) is 0 Å². The first kappa shape index (κ1) is 9.01. The molecule has 0 radical (unpaired) electrons. The maximum atomic E-state index is 3.55. The van der Waals surface area contributed by atoms with Crippen molar-refractivity contribution in [3.8, 4) is 0 Å². The average molecular weight is 216 g/mol. The van der Waals surface area contributed by atoms with E-state index in [4.69, 9.17) is 0 Å². The molecule has 1 nitrogen and oxygen atoms in total. The van der Waals surface area contributed by atoms with Crippen molar-refractivity contribution in [1.29, 1.82) is 0 Å². The fourth-order valence-electron chi connectivity index (χ4n) is 1.18. The Bertz CT molecular complexity index is 194. The molecule has 0 aromatic rings. The molecule has 0 saturated carbocycles. The summed E-state index contributed by atoms with van der Waals surface area (Å²) in [4.78, 5) is 2.23. The van der Waals surface area contributed by atoms with E-state index in [0.717, 1.165) is 0 Å². The van der Waals surface area contributed by atoms with Crippen LogP contribution in [0.4, 0.5) is 0 Å². The Balaban J connectivity index is 2.62. The van der Waals surface area contributed by atoms with Crippen LogP contribution in [-0.4, -0.2) is 25.0 Å². The second-order valence-electron chi connectivity index (χ2n) is 3.17. The number of rotatable bonds is 2. The van der Waals surface area contributed by atoms with Crippen molar-refractivity contribution in [2.24, 2.45) is 5.92 Å². The fraction of sp³-hybridized carbons (Fsp3) is 0.556. The first-order valence-electron chi connectivity index (χ1n) is 3.83. The maximum Gasteiger partial charge on any atom is 0.0241 e. The second kappa shape index (κ2) is 3.55. The summed E-state index contributed by atoms with van der Waals surface area (Å²) in [6.07, 6.45) is 6.45. The topological polar surface area (TPSA) is 3.24 Å². The first-order chi connectivity index (χ1) is 5.13. The highest BCUT2D eigenvalue weighted by Crippen LogP contribution is 2.28. The number of halogens is 1. The van der Waals surface area contributed by atoms with Gasteiger partial charge in [0.1, 0.15) is 0 Å². The lowest BCUT2D eigenvalue weighted by Crippen LogP contribution is -2.30. The van der Waals surface area contributed by atoms with Gasteiger partial charge in [0.15, 0.2) is 0 Å². The summed E-state index contributed by atoms with van der Waals surface area (Å²) in [7, 11) is 4.22. The van der Waals surface area contributed by atoms with E-state index in [2.05, 4.69) is 60.1 Å². The Labute approximate surface area is 76.9 Å². The van der Waals surface area contributed by atoms with Crippen LogP contribution in [-0.2, 0) is 0 Å². The van der Waals surface area contributed by atoms with Crippen molar-refractivity contribution in [2.75, 3.05) is 14.1 Å². The van der Waals surface area contributed by atoms with Crippen LogP contribution in [0.5, 0.6) is 0 Å². The van der Waals surface area contributed by atoms with Gasteiger partial charge in [-0.25, -0.2) is 0 Å². The molecule has 0 amide bonds. The standard InChI is InChI=1S/C9H14BrN/c1-7(11(2)3)8-5-4-6-9(8)10/h4-8H,1-3H3/t7-,8?/m0/s1. The highest BCUT2D eigenvalue weighted by Gasteiger charge is 2.20. The van der Waals surface area contributed by atoms with Crippen LogP contribution >= 0.6 is 15.9 Å². The van der Waals surface area contributed by atoms with Gasteiger partial charge >= 0.3 is 0 Å². The van der Waals surface area contributed by atoms with E-state index in [0.29, 0.717) is 12.0 Å². The van der Waals surface area contributed by atoms with E-state index in [1.54, 1.807) is 0 Å². The molecule has 0 aliphatic heterocycles. The van der Waals surface area contributed by atoms with Crippen molar-refractivity contribution in [1.82, 2.24) is 4.90 Å². The zero-order chi connectivity index (χ0) is 8.43. The summed E-state index contributed by atoms with van der Waals surface area (Å²) < 4.78 is 1.29. The van der Waals surface area contributed by atoms with E-state index in [1.807, 2.05) is 0 Å². The predicted octanol–water partition coefficient (Wildman–Crippen LogP) is 2.40. The molecule has 0 aromatic carbocycles. The van der Waals surface area contributed by atoms with Gasteiger partial charge in [0, 0.05) is 16.4 Å². The molecule has 1 unspecified atom stereocenters. The Morgan fingerprint density at radius 3 is 2.55 bits per heavy atom. The van der Waals surface area contributed by atoms with Gasteiger partial charge in [-0.05, 0) is 21.0 Å². The van der Waals surface area contributed by atoms with Crippen LogP contribution in [0.25, 0.3) is 0 Å². The van der Waals surface area contributed by atoms with Gasteiger partial charge in [-0.3, -0.25) is 0 Å². The van der Waals surface area contributed by atoms with E-state index in [9.17, 15) is 0 Å². The molecule has 11 heavy (non-hydrogen) atoms. The molecule has 0 fully saturated rings. The third kappa shape index (κ3) is 1.94. The molecule has 0 N–H and O–H groups in total. The molecule has 0 heterocycles. The van der Waals surface area contributed by atoms with E-state index < -0.39 is 0 Å². The Morgan fingerprint density at radius 2 is 2.18 bits per heavy atom. The summed E-state index contributed by atoms with van der Waals surface area (Å²) in [5, 5.41) is 0. The second-order valence-corrected chi connectivity index (χ2v) is 4.08. The minimum absolute atomic E-state index is 0.546. The third-order valence-electron chi connectivity index (χ3n) is 2.23. The Morgan fingerprint density at radius 1 is 1.55 bits per heavy atom. The first-order valence-corrected chi connectivity index (χ1v) is 4.62. The highest BCUT2D eigenvalue weighted by molar-refractivity contribution is 9.11. The Kier molecular flexibility index (Phi) is 2.90. The average Bonchev–Trinajstić information content (AvgIpc) is 2.33. The molecule has 1 rings (SSSR count). The van der Waals surface area contributed by atoms with Gasteiger partial charge in [-0.15, -0.1) is 0 Å². The van der Waals surface area contributed by atoms with E-state index in [1.165, 1.54) is 4.48 Å². The van der Waals surface area contributed by atoms with Crippen LogP contribution in [0.15, 0.2) is 22.7 Å². The Hall–Kier alpha value is -0.0800. The van der Waals surface area contributed by atoms with E-state index >= 15 is 0 Å². The summed E-state index contributed by atoms with van der Waals surface area (Å²) in [5.41, 5.74) is 0. The van der Waals surface area contributed by atoms with Gasteiger partial charge in [0.05, 0.1) is 0 Å². The van der Waals surface area contributed by atoms with Crippen molar-refractivity contribution in [3.05, 3.63) is 22.7 Å². The largest absolute Gasteiger partial charge is 0.306 e. The van der Waals surface area contributed by atoms with Gasteiger partial charge in [-0.2, -0.15) is 0 Å². The fourth-order valence-corrected chi connectivity index (χ4v) is 1.87. The third-order valence-corrected chi connectivity index (χ3v) is 3.02. The molecule has 0 aromatic heterocycles. The van der Waals surface area contributed by atoms with Crippen molar-refractivity contribution < 1.29 is 0 Å². The molecular formula is C9H14BrN. The molecule has 2 atom stereocenters. The quantitative estimate of drug-likeness (QED) is 0.685. The van der Waals surface area contributed by atoms with Crippen molar-refractivity contribution >= 4 is 15.9 Å². The molecule has 0 saturated heterocycles. The monoisotopic (exact) mass is 215 g/mol. The molecule has 1 aliphatic rings. The smallest absolute Gasteiger partial charge is 0.0241 e. The van der Waals surface area contributed by atoms with Crippen LogP contribution in [0.2, 0.25) is 0 Å². The maximum absolute atomic E-state index is 3.55. The minimum atomic E-state index is 0.546. The lowest BCUT2D eigenvalue weighted by molar-refractivity contribution is 0.281.